The van der Waals surface area contributed by atoms with Crippen molar-refractivity contribution in [1.82, 2.24) is 5.32 Å². The minimum atomic E-state index is -0.150. The van der Waals surface area contributed by atoms with Crippen LogP contribution >= 0.6 is 0 Å². The number of carbonyl (C=O) groups excluding carboxylic acids is 1. The van der Waals surface area contributed by atoms with E-state index in [0.29, 0.717) is 12.3 Å². The standard InChI is InChI=1S/C33H47N3O.C2H6.2H2/c1-10-11-12-13-31(24(4)5)34-22-26(7)35-27(8)30-20-29(15-14-25(30)6)36-32(37)21-33(9)18-16-28(17-19-33)23(2)3;1-2;;/h11-18,20,22-23,26-27,35H,4,10,19,21H2,1-3,5-9H3,(H,36,37);1-2H3;2*1H/b12-11?,31-13+,34-22?;;;/t26?,27-,33?;;;/m0.../s1. The Bertz CT molecular complexity index is 1110. The first-order chi connectivity index (χ1) is 18.4. The van der Waals surface area contributed by atoms with Crippen LogP contribution < -0.4 is 10.6 Å². The molecule has 39 heavy (non-hydrogen) atoms. The van der Waals surface area contributed by atoms with Gasteiger partial charge in [0.15, 0.2) is 0 Å². The molecule has 0 saturated heterocycles. The van der Waals surface area contributed by atoms with Gasteiger partial charge in [0.05, 0.1) is 5.70 Å². The van der Waals surface area contributed by atoms with Gasteiger partial charge in [-0.3, -0.25) is 9.79 Å². The van der Waals surface area contributed by atoms with E-state index < -0.39 is 0 Å². The zero-order valence-electron chi connectivity index (χ0n) is 26.2. The van der Waals surface area contributed by atoms with Crippen LogP contribution in [0.25, 0.3) is 0 Å². The minimum Gasteiger partial charge on any atom is -0.326 e. The summed E-state index contributed by atoms with van der Waals surface area (Å²) in [4.78, 5) is 17.6. The summed E-state index contributed by atoms with van der Waals surface area (Å²) in [6.45, 7) is 25.0. The summed E-state index contributed by atoms with van der Waals surface area (Å²) in [5, 5.41) is 6.74. The Morgan fingerprint density at radius 2 is 1.92 bits per heavy atom. The molecule has 1 aliphatic carbocycles. The second-order valence-electron chi connectivity index (χ2n) is 11.0. The highest BCUT2D eigenvalue weighted by molar-refractivity contribution is 5.91. The second kappa shape index (κ2) is 16.9. The quantitative estimate of drug-likeness (QED) is 0.207. The van der Waals surface area contributed by atoms with Gasteiger partial charge in [-0.2, -0.15) is 0 Å². The highest BCUT2D eigenvalue weighted by Crippen LogP contribution is 2.35. The third kappa shape index (κ3) is 11.7. The fourth-order valence-electron chi connectivity index (χ4n) is 4.41. The molecule has 4 nitrogen and oxygen atoms in total. The summed E-state index contributed by atoms with van der Waals surface area (Å²) in [5.74, 6) is 0.554. The van der Waals surface area contributed by atoms with E-state index in [9.17, 15) is 4.79 Å². The number of benzene rings is 1. The van der Waals surface area contributed by atoms with Crippen LogP contribution in [-0.4, -0.2) is 18.2 Å². The van der Waals surface area contributed by atoms with Crippen LogP contribution in [0.1, 0.15) is 102 Å². The van der Waals surface area contributed by atoms with E-state index in [4.69, 9.17) is 0 Å². The van der Waals surface area contributed by atoms with Gasteiger partial charge in [-0.15, -0.1) is 0 Å². The number of amides is 1. The van der Waals surface area contributed by atoms with Gasteiger partial charge in [0.25, 0.3) is 0 Å². The van der Waals surface area contributed by atoms with Gasteiger partial charge in [-0.25, -0.2) is 0 Å². The summed E-state index contributed by atoms with van der Waals surface area (Å²) >= 11 is 0. The molecule has 0 radical (unpaired) electrons. The normalized spacial score (nSPS) is 19.1. The van der Waals surface area contributed by atoms with Gasteiger partial charge >= 0.3 is 0 Å². The fourth-order valence-corrected chi connectivity index (χ4v) is 4.41. The van der Waals surface area contributed by atoms with Crippen molar-refractivity contribution in [3.63, 3.8) is 0 Å². The van der Waals surface area contributed by atoms with Gasteiger partial charge in [0.1, 0.15) is 0 Å². The van der Waals surface area contributed by atoms with Crippen LogP contribution in [0, 0.1) is 18.3 Å². The summed E-state index contributed by atoms with van der Waals surface area (Å²) in [6, 6.07) is 6.29. The molecule has 0 aromatic heterocycles. The van der Waals surface area contributed by atoms with Crippen molar-refractivity contribution < 1.29 is 7.65 Å². The predicted molar refractivity (Wildman–Crippen MR) is 177 cm³/mol. The molecule has 1 aromatic rings. The van der Waals surface area contributed by atoms with Crippen molar-refractivity contribution in [3.05, 3.63) is 89.2 Å². The first-order valence-corrected chi connectivity index (χ1v) is 14.6. The molecule has 1 amide bonds. The lowest BCUT2D eigenvalue weighted by Gasteiger charge is -2.28. The molecule has 3 atom stereocenters. The van der Waals surface area contributed by atoms with Crippen LogP contribution in [0.3, 0.4) is 0 Å². The Morgan fingerprint density at radius 1 is 1.23 bits per heavy atom. The SMILES string of the molecule is C=C(C)/C(=C\C=CCC)N=CC(C)N[C@@H](C)c1cc(NC(=O)CC2(C)C=CC(C(C)C)=CC2)ccc1C.CC.[HH].[HH]. The predicted octanol–water partition coefficient (Wildman–Crippen LogP) is 9.93. The highest BCUT2D eigenvalue weighted by atomic mass is 16.1. The molecule has 2 rings (SSSR count). The summed E-state index contributed by atoms with van der Waals surface area (Å²) in [7, 11) is 0. The monoisotopic (exact) mass is 535 g/mol. The van der Waals surface area contributed by atoms with E-state index in [1.54, 1.807) is 0 Å². The molecule has 0 saturated carbocycles. The highest BCUT2D eigenvalue weighted by Gasteiger charge is 2.26. The number of hydrogen-bond donors (Lipinski definition) is 2. The molecule has 0 aliphatic heterocycles. The van der Waals surface area contributed by atoms with Crippen LogP contribution in [-0.2, 0) is 4.79 Å². The molecule has 1 aliphatic rings. The number of carbonyl (C=O) groups is 1. The van der Waals surface area contributed by atoms with Gasteiger partial charge in [0, 0.05) is 33.3 Å². The fraction of sp³-hybridized carbons (Fsp3) is 0.486. The molecule has 0 spiro atoms. The van der Waals surface area contributed by atoms with Crippen LogP contribution in [0.4, 0.5) is 5.69 Å². The zero-order chi connectivity index (χ0) is 29.6. The number of allylic oxidation sites excluding steroid dienone is 8. The summed E-state index contributed by atoms with van der Waals surface area (Å²) in [5.41, 5.74) is 6.19. The minimum absolute atomic E-state index is 0. The molecule has 0 heterocycles. The lowest BCUT2D eigenvalue weighted by atomic mass is 9.77. The van der Waals surface area contributed by atoms with E-state index in [-0.39, 0.29) is 26.3 Å². The molecule has 2 N–H and O–H groups in total. The van der Waals surface area contributed by atoms with Crippen molar-refractivity contribution in [2.75, 3.05) is 5.32 Å². The Kier molecular flexibility index (Phi) is 14.7. The van der Waals surface area contributed by atoms with E-state index in [2.05, 4.69) is 107 Å². The van der Waals surface area contributed by atoms with E-state index >= 15 is 0 Å². The molecular weight excluding hydrogens is 478 g/mol. The van der Waals surface area contributed by atoms with Crippen LogP contribution in [0.2, 0.25) is 0 Å². The van der Waals surface area contributed by atoms with Gasteiger partial charge < -0.3 is 10.6 Å². The lowest BCUT2D eigenvalue weighted by Crippen LogP contribution is -2.30. The Balaban J connectivity index is 0. The second-order valence-corrected chi connectivity index (χ2v) is 11.0. The van der Waals surface area contributed by atoms with Crippen molar-refractivity contribution in [1.29, 1.82) is 0 Å². The smallest absolute Gasteiger partial charge is 0.225 e. The van der Waals surface area contributed by atoms with Crippen molar-refractivity contribution in [2.45, 2.75) is 101 Å². The van der Waals surface area contributed by atoms with Crippen LogP contribution in [0.15, 0.2) is 83.1 Å². The topological polar surface area (TPSA) is 53.5 Å². The van der Waals surface area contributed by atoms with E-state index in [1.807, 2.05) is 45.2 Å². The van der Waals surface area contributed by atoms with Crippen molar-refractivity contribution in [2.24, 2.45) is 16.3 Å². The Morgan fingerprint density at radius 3 is 2.49 bits per heavy atom. The van der Waals surface area contributed by atoms with Gasteiger partial charge in [-0.1, -0.05) is 84.6 Å². The maximum absolute atomic E-state index is 12.9. The van der Waals surface area contributed by atoms with E-state index in [0.717, 1.165) is 35.4 Å². The third-order valence-corrected chi connectivity index (χ3v) is 6.76. The third-order valence-electron chi connectivity index (χ3n) is 6.76. The number of nitrogens with one attached hydrogen (secondary N) is 2. The molecule has 1 aromatic carbocycles. The Labute approximate surface area is 242 Å². The maximum Gasteiger partial charge on any atom is 0.225 e. The molecule has 4 heteroatoms. The summed E-state index contributed by atoms with van der Waals surface area (Å²) < 4.78 is 0. The van der Waals surface area contributed by atoms with Gasteiger partial charge in [-0.05, 0) is 92.4 Å². The van der Waals surface area contributed by atoms with Crippen LogP contribution in [0.5, 0.6) is 0 Å². The number of aliphatic imine (C=N–C) groups is 1. The molecule has 0 bridgehead atoms. The molecule has 2 unspecified atom stereocenters. The first kappa shape index (κ1) is 34.0. The number of aryl methyl sites for hydroxylation is 1. The zero-order valence-corrected chi connectivity index (χ0v) is 26.2. The molecular formula is C35H57N3O. The van der Waals surface area contributed by atoms with E-state index in [1.165, 1.54) is 11.1 Å². The number of nitrogens with zero attached hydrogens (tertiary/aromatic N) is 1. The first-order valence-electron chi connectivity index (χ1n) is 14.6. The maximum atomic E-state index is 12.9. The lowest BCUT2D eigenvalue weighted by molar-refractivity contribution is -0.117. The van der Waals surface area contributed by atoms with Gasteiger partial charge in [0.2, 0.25) is 5.91 Å². The number of hydrogen-bond acceptors (Lipinski definition) is 3. The number of rotatable bonds is 12. The van der Waals surface area contributed by atoms with Crippen molar-refractivity contribution in [3.8, 4) is 0 Å². The molecule has 0 fully saturated rings. The largest absolute Gasteiger partial charge is 0.326 e. The average Bonchev–Trinajstić information content (AvgIpc) is 2.88. The average molecular weight is 536 g/mol. The number of anilines is 1. The van der Waals surface area contributed by atoms with Crippen molar-refractivity contribution >= 4 is 17.8 Å². The Hall–Kier alpha value is -2.98. The summed E-state index contributed by atoms with van der Waals surface area (Å²) in [6.07, 6.45) is 17.0. The molecule has 218 valence electrons.